The zero-order valence-electron chi connectivity index (χ0n) is 6.59. The van der Waals surface area contributed by atoms with E-state index in [1.807, 2.05) is 13.8 Å². The average molecular weight is 158 g/mol. The molecular weight excluding hydrogens is 144 g/mol. The molecule has 0 aromatic heterocycles. The number of rotatable bonds is 4. The van der Waals surface area contributed by atoms with Crippen LogP contribution in [-0.2, 0) is 4.79 Å². The maximum Gasteiger partial charge on any atom is 0.192 e. The molecule has 0 aromatic rings. The zero-order chi connectivity index (χ0) is 7.98. The van der Waals surface area contributed by atoms with Crippen LogP contribution in [0.15, 0.2) is 12.7 Å². The van der Waals surface area contributed by atoms with Crippen LogP contribution in [0, 0.1) is 5.92 Å². The Balaban J connectivity index is 3.51. The Hall–Kier alpha value is -0.240. The first-order chi connectivity index (χ1) is 4.72. The van der Waals surface area contributed by atoms with Gasteiger partial charge in [-0.05, 0) is 6.42 Å². The van der Waals surface area contributed by atoms with Gasteiger partial charge in [0.05, 0.1) is 0 Å². The highest BCUT2D eigenvalue weighted by atomic mass is 32.2. The molecule has 0 radical (unpaired) electrons. The highest BCUT2D eigenvalue weighted by molar-refractivity contribution is 8.13. The number of hydrogen-bond donors (Lipinski definition) is 0. The van der Waals surface area contributed by atoms with Gasteiger partial charge >= 0.3 is 0 Å². The van der Waals surface area contributed by atoms with Gasteiger partial charge in [0.2, 0.25) is 0 Å². The smallest absolute Gasteiger partial charge is 0.192 e. The Morgan fingerprint density at radius 2 is 2.40 bits per heavy atom. The molecule has 1 nitrogen and oxygen atoms in total. The molecule has 0 aliphatic heterocycles. The fourth-order valence-corrected chi connectivity index (χ4v) is 1.18. The molecule has 0 saturated carbocycles. The molecule has 58 valence electrons. The minimum absolute atomic E-state index is 0.199. The zero-order valence-corrected chi connectivity index (χ0v) is 7.41. The summed E-state index contributed by atoms with van der Waals surface area (Å²) < 4.78 is 0. The van der Waals surface area contributed by atoms with E-state index in [1.165, 1.54) is 11.8 Å². The lowest BCUT2D eigenvalue weighted by atomic mass is 10.1. The standard InChI is InChI=1S/C8H14OS/c1-4-6-10-8(9)7(3)5-2/h4,7H,1,5-6H2,2-3H3. The largest absolute Gasteiger partial charge is 0.287 e. The molecular formula is C8H14OS. The second-order valence-electron chi connectivity index (χ2n) is 2.23. The van der Waals surface area contributed by atoms with E-state index in [4.69, 9.17) is 0 Å². The van der Waals surface area contributed by atoms with Crippen molar-refractivity contribution < 1.29 is 4.79 Å². The van der Waals surface area contributed by atoms with Gasteiger partial charge in [0, 0.05) is 11.7 Å². The van der Waals surface area contributed by atoms with E-state index in [1.54, 1.807) is 6.08 Å². The van der Waals surface area contributed by atoms with E-state index >= 15 is 0 Å². The average Bonchev–Trinajstić information content (AvgIpc) is 1.98. The van der Waals surface area contributed by atoms with E-state index in [2.05, 4.69) is 6.58 Å². The highest BCUT2D eigenvalue weighted by Gasteiger charge is 2.08. The molecule has 0 bridgehead atoms. The van der Waals surface area contributed by atoms with Crippen molar-refractivity contribution in [1.82, 2.24) is 0 Å². The Bertz CT molecular complexity index is 120. The van der Waals surface area contributed by atoms with Crippen LogP contribution in [-0.4, -0.2) is 10.9 Å². The molecule has 0 aromatic carbocycles. The van der Waals surface area contributed by atoms with Crippen LogP contribution in [0.1, 0.15) is 20.3 Å². The quantitative estimate of drug-likeness (QED) is 0.585. The summed E-state index contributed by atoms with van der Waals surface area (Å²) in [6.45, 7) is 7.53. The number of carbonyl (C=O) groups is 1. The minimum atomic E-state index is 0.199. The van der Waals surface area contributed by atoms with Crippen molar-refractivity contribution in [3.8, 4) is 0 Å². The van der Waals surface area contributed by atoms with Gasteiger partial charge in [-0.2, -0.15) is 0 Å². The van der Waals surface area contributed by atoms with Crippen LogP contribution < -0.4 is 0 Å². The fourth-order valence-electron chi connectivity index (χ4n) is 0.450. The lowest BCUT2D eigenvalue weighted by molar-refractivity contribution is -0.113. The molecule has 0 fully saturated rings. The lowest BCUT2D eigenvalue weighted by Crippen LogP contribution is -2.04. The minimum Gasteiger partial charge on any atom is -0.287 e. The summed E-state index contributed by atoms with van der Waals surface area (Å²) in [6.07, 6.45) is 2.69. The van der Waals surface area contributed by atoms with E-state index in [9.17, 15) is 4.79 Å². The summed E-state index contributed by atoms with van der Waals surface area (Å²) in [5.74, 6) is 0.938. The van der Waals surface area contributed by atoms with Crippen LogP contribution in [0.2, 0.25) is 0 Å². The first kappa shape index (κ1) is 9.76. The van der Waals surface area contributed by atoms with E-state index in [-0.39, 0.29) is 11.0 Å². The maximum absolute atomic E-state index is 11.0. The molecule has 0 saturated heterocycles. The van der Waals surface area contributed by atoms with Crippen molar-refractivity contribution in [3.05, 3.63) is 12.7 Å². The third-order valence-electron chi connectivity index (χ3n) is 1.36. The van der Waals surface area contributed by atoms with Crippen molar-refractivity contribution >= 4 is 16.9 Å². The normalized spacial score (nSPS) is 12.6. The molecule has 1 atom stereocenters. The van der Waals surface area contributed by atoms with Gasteiger partial charge in [0.15, 0.2) is 5.12 Å². The van der Waals surface area contributed by atoms with E-state index < -0.39 is 0 Å². The first-order valence-corrected chi connectivity index (χ1v) is 4.48. The second-order valence-corrected chi connectivity index (χ2v) is 3.25. The number of carbonyl (C=O) groups excluding carboxylic acids is 1. The molecule has 0 spiro atoms. The van der Waals surface area contributed by atoms with Crippen LogP contribution in [0.25, 0.3) is 0 Å². The molecule has 10 heavy (non-hydrogen) atoms. The molecule has 0 aliphatic rings. The highest BCUT2D eigenvalue weighted by Crippen LogP contribution is 2.13. The van der Waals surface area contributed by atoms with Crippen molar-refractivity contribution in [2.24, 2.45) is 5.92 Å². The van der Waals surface area contributed by atoms with Gasteiger partial charge in [-0.15, -0.1) is 6.58 Å². The van der Waals surface area contributed by atoms with Gasteiger partial charge in [-0.3, -0.25) is 4.79 Å². The molecule has 2 heteroatoms. The van der Waals surface area contributed by atoms with Crippen molar-refractivity contribution in [1.29, 1.82) is 0 Å². The van der Waals surface area contributed by atoms with Gasteiger partial charge in [-0.1, -0.05) is 31.7 Å². The Kier molecular flexibility index (Phi) is 5.40. The predicted octanol–water partition coefficient (Wildman–Crippen LogP) is 2.48. The van der Waals surface area contributed by atoms with Crippen molar-refractivity contribution in [2.75, 3.05) is 5.75 Å². The van der Waals surface area contributed by atoms with Crippen LogP contribution in [0.3, 0.4) is 0 Å². The Morgan fingerprint density at radius 3 is 2.80 bits per heavy atom. The van der Waals surface area contributed by atoms with Gasteiger partial charge in [0.1, 0.15) is 0 Å². The molecule has 1 unspecified atom stereocenters. The Morgan fingerprint density at radius 1 is 1.80 bits per heavy atom. The monoisotopic (exact) mass is 158 g/mol. The SMILES string of the molecule is C=CCSC(=O)C(C)CC. The van der Waals surface area contributed by atoms with Crippen LogP contribution >= 0.6 is 11.8 Å². The summed E-state index contributed by atoms with van der Waals surface area (Å²) in [7, 11) is 0. The Labute approximate surface area is 66.9 Å². The summed E-state index contributed by atoms with van der Waals surface area (Å²) >= 11 is 1.35. The summed E-state index contributed by atoms with van der Waals surface area (Å²) in [6, 6.07) is 0. The molecule has 0 heterocycles. The first-order valence-electron chi connectivity index (χ1n) is 3.49. The fraction of sp³-hybridized carbons (Fsp3) is 0.625. The second kappa shape index (κ2) is 5.54. The van der Waals surface area contributed by atoms with Crippen molar-refractivity contribution in [3.63, 3.8) is 0 Å². The van der Waals surface area contributed by atoms with E-state index in [0.717, 1.165) is 12.2 Å². The predicted molar refractivity (Wildman–Crippen MR) is 47.1 cm³/mol. The third-order valence-corrected chi connectivity index (χ3v) is 2.45. The number of hydrogen-bond acceptors (Lipinski definition) is 2. The number of thioether (sulfide) groups is 1. The summed E-state index contributed by atoms with van der Waals surface area (Å²) in [4.78, 5) is 11.0. The maximum atomic E-state index is 11.0. The molecule has 0 amide bonds. The van der Waals surface area contributed by atoms with Crippen molar-refractivity contribution in [2.45, 2.75) is 20.3 Å². The topological polar surface area (TPSA) is 17.1 Å². The molecule has 0 rings (SSSR count). The molecule has 0 N–H and O–H groups in total. The van der Waals surface area contributed by atoms with E-state index in [0.29, 0.717) is 0 Å². The molecule has 0 aliphatic carbocycles. The lowest BCUT2D eigenvalue weighted by Gasteiger charge is -2.03. The summed E-state index contributed by atoms with van der Waals surface area (Å²) in [5.41, 5.74) is 0. The third kappa shape index (κ3) is 3.72. The van der Waals surface area contributed by atoms with Crippen LogP contribution in [0.5, 0.6) is 0 Å². The van der Waals surface area contributed by atoms with Crippen LogP contribution in [0.4, 0.5) is 0 Å². The van der Waals surface area contributed by atoms with Gasteiger partial charge < -0.3 is 0 Å². The summed E-state index contributed by atoms with van der Waals surface area (Å²) in [5, 5.41) is 0.280. The van der Waals surface area contributed by atoms with Gasteiger partial charge in [0.25, 0.3) is 0 Å². The van der Waals surface area contributed by atoms with Gasteiger partial charge in [-0.25, -0.2) is 0 Å².